The second-order valence-corrected chi connectivity index (χ2v) is 6.68. The number of nitrogens with two attached hydrogens (primary N) is 1. The minimum absolute atomic E-state index is 0.210. The molecule has 6 heteroatoms. The van der Waals surface area contributed by atoms with Crippen LogP contribution in [0.25, 0.3) is 0 Å². The van der Waals surface area contributed by atoms with Gasteiger partial charge in [0.15, 0.2) is 11.3 Å². The lowest BCUT2D eigenvalue weighted by molar-refractivity contribution is 0.0784. The molecule has 1 aromatic carbocycles. The van der Waals surface area contributed by atoms with Crippen molar-refractivity contribution in [1.29, 1.82) is 0 Å². The largest absolute Gasteiger partial charge is 0.462 e. The summed E-state index contributed by atoms with van der Waals surface area (Å²) in [6.07, 6.45) is 3.90. The number of benzene rings is 1. The van der Waals surface area contributed by atoms with Crippen LogP contribution in [0.4, 0.5) is 0 Å². The molecule has 3 aliphatic heterocycles. The van der Waals surface area contributed by atoms with Gasteiger partial charge in [0.2, 0.25) is 0 Å². The molecule has 4 heterocycles. The number of pyridine rings is 1. The van der Waals surface area contributed by atoms with Crippen LogP contribution in [-0.2, 0) is 15.0 Å². The van der Waals surface area contributed by atoms with Gasteiger partial charge in [-0.3, -0.25) is 4.98 Å². The third-order valence-corrected chi connectivity index (χ3v) is 5.20. The van der Waals surface area contributed by atoms with Crippen molar-refractivity contribution in [3.63, 3.8) is 0 Å². The highest BCUT2D eigenvalue weighted by molar-refractivity contribution is 5.76. The summed E-state index contributed by atoms with van der Waals surface area (Å²) in [5, 5.41) is 0. The van der Waals surface area contributed by atoms with Crippen LogP contribution in [0.2, 0.25) is 0 Å². The summed E-state index contributed by atoms with van der Waals surface area (Å²) in [5.74, 6) is 1.79. The molecular formula is C19H19N3O3. The molecule has 0 aliphatic carbocycles. The molecule has 0 saturated carbocycles. The maximum atomic E-state index is 6.30. The maximum Gasteiger partial charge on any atom is 0.283 e. The van der Waals surface area contributed by atoms with Gasteiger partial charge in [0.05, 0.1) is 12.3 Å². The zero-order chi connectivity index (χ0) is 16.9. The molecule has 1 saturated heterocycles. The van der Waals surface area contributed by atoms with Crippen LogP contribution >= 0.6 is 0 Å². The summed E-state index contributed by atoms with van der Waals surface area (Å²) in [6, 6.07) is 10.1. The van der Waals surface area contributed by atoms with Crippen LogP contribution in [0.3, 0.4) is 0 Å². The van der Waals surface area contributed by atoms with E-state index in [0.717, 1.165) is 47.8 Å². The van der Waals surface area contributed by atoms with Crippen molar-refractivity contribution in [2.24, 2.45) is 10.7 Å². The first-order chi connectivity index (χ1) is 12.3. The highest BCUT2D eigenvalue weighted by Gasteiger charge is 2.48. The first-order valence-electron chi connectivity index (χ1n) is 8.60. The molecule has 6 nitrogen and oxygen atoms in total. The van der Waals surface area contributed by atoms with Crippen molar-refractivity contribution >= 4 is 6.02 Å². The van der Waals surface area contributed by atoms with Gasteiger partial charge < -0.3 is 19.9 Å². The fourth-order valence-corrected chi connectivity index (χ4v) is 4.00. The van der Waals surface area contributed by atoms with Gasteiger partial charge in [-0.15, -0.1) is 0 Å². The fraction of sp³-hybridized carbons (Fsp3) is 0.368. The Hall–Kier alpha value is -2.60. The van der Waals surface area contributed by atoms with Crippen LogP contribution < -0.4 is 10.5 Å². The molecule has 3 aliphatic rings. The molecule has 0 radical (unpaired) electrons. The van der Waals surface area contributed by atoms with Crippen molar-refractivity contribution < 1.29 is 14.2 Å². The highest BCUT2D eigenvalue weighted by Crippen LogP contribution is 2.52. The molecular weight excluding hydrogens is 318 g/mol. The molecule has 5 rings (SSSR count). The number of hydrogen-bond donors (Lipinski definition) is 1. The Bertz CT molecular complexity index is 861. The Labute approximate surface area is 145 Å². The lowest BCUT2D eigenvalue weighted by Gasteiger charge is -2.35. The number of fused-ring (bicyclic) bond motifs is 4. The average molecular weight is 337 g/mol. The van der Waals surface area contributed by atoms with Crippen molar-refractivity contribution in [3.05, 3.63) is 53.3 Å². The lowest BCUT2D eigenvalue weighted by atomic mass is 9.80. The second kappa shape index (κ2) is 5.46. The van der Waals surface area contributed by atoms with Crippen molar-refractivity contribution in [1.82, 2.24) is 4.98 Å². The minimum atomic E-state index is -0.665. The maximum absolute atomic E-state index is 6.30. The van der Waals surface area contributed by atoms with E-state index < -0.39 is 5.54 Å². The molecule has 1 fully saturated rings. The molecule has 2 atom stereocenters. The summed E-state index contributed by atoms with van der Waals surface area (Å²) >= 11 is 0. The standard InChI is InChI=1S/C19H19N3O3/c20-18-22-19(11-24-18)13-5-1-2-6-15(13)25-17-14(19)7-8-21-16(17)12-4-3-9-23-10-12/h1-2,5-8,12H,3-4,9-11H2,(H2,20,22). The summed E-state index contributed by atoms with van der Waals surface area (Å²) < 4.78 is 17.5. The number of aromatic nitrogens is 1. The number of amidine groups is 1. The van der Waals surface area contributed by atoms with Crippen LogP contribution in [0.15, 0.2) is 41.5 Å². The topological polar surface area (TPSA) is 79.0 Å². The molecule has 2 unspecified atom stereocenters. The van der Waals surface area contributed by atoms with E-state index >= 15 is 0 Å². The molecule has 2 N–H and O–H groups in total. The van der Waals surface area contributed by atoms with E-state index in [9.17, 15) is 0 Å². The van der Waals surface area contributed by atoms with Gasteiger partial charge in [0.25, 0.3) is 6.02 Å². The molecule has 0 amide bonds. The van der Waals surface area contributed by atoms with Crippen LogP contribution in [-0.4, -0.2) is 30.8 Å². The zero-order valence-corrected chi connectivity index (χ0v) is 13.8. The molecule has 1 aromatic heterocycles. The predicted molar refractivity (Wildman–Crippen MR) is 91.9 cm³/mol. The van der Waals surface area contributed by atoms with Crippen LogP contribution in [0, 0.1) is 0 Å². The highest BCUT2D eigenvalue weighted by atomic mass is 16.5. The number of hydrogen-bond acceptors (Lipinski definition) is 6. The minimum Gasteiger partial charge on any atom is -0.462 e. The Balaban J connectivity index is 1.72. The number of rotatable bonds is 1. The van der Waals surface area contributed by atoms with E-state index in [4.69, 9.17) is 19.9 Å². The average Bonchev–Trinajstić information content (AvgIpc) is 3.05. The van der Waals surface area contributed by atoms with Gasteiger partial charge in [-0.2, -0.15) is 0 Å². The van der Waals surface area contributed by atoms with Crippen LogP contribution in [0.1, 0.15) is 35.6 Å². The predicted octanol–water partition coefficient (Wildman–Crippen LogP) is 2.67. The zero-order valence-electron chi connectivity index (χ0n) is 13.8. The van der Waals surface area contributed by atoms with Crippen LogP contribution in [0.5, 0.6) is 11.5 Å². The third kappa shape index (κ3) is 2.14. The summed E-state index contributed by atoms with van der Waals surface area (Å²) in [4.78, 5) is 9.32. The molecule has 0 bridgehead atoms. The summed E-state index contributed by atoms with van der Waals surface area (Å²) in [7, 11) is 0. The lowest BCUT2D eigenvalue weighted by Crippen LogP contribution is -2.32. The Morgan fingerprint density at radius 2 is 2.08 bits per heavy atom. The Kier molecular flexibility index (Phi) is 3.21. The van der Waals surface area contributed by atoms with Gasteiger partial charge in [-0.1, -0.05) is 18.2 Å². The molecule has 1 spiro atoms. The Morgan fingerprint density at radius 3 is 2.88 bits per heavy atom. The van der Waals surface area contributed by atoms with Crippen molar-refractivity contribution in [3.8, 4) is 11.5 Å². The van der Waals surface area contributed by atoms with Gasteiger partial charge in [0, 0.05) is 29.8 Å². The molecule has 128 valence electrons. The number of ether oxygens (including phenoxy) is 3. The van der Waals surface area contributed by atoms with Gasteiger partial charge in [-0.25, -0.2) is 4.99 Å². The number of para-hydroxylation sites is 1. The Morgan fingerprint density at radius 1 is 1.16 bits per heavy atom. The smallest absolute Gasteiger partial charge is 0.283 e. The van der Waals surface area contributed by atoms with Gasteiger partial charge in [-0.05, 0) is 25.0 Å². The molecule has 2 aromatic rings. The molecule has 25 heavy (non-hydrogen) atoms. The van der Waals surface area contributed by atoms with E-state index in [1.165, 1.54) is 0 Å². The SMILES string of the molecule is NC1=NC2(CO1)c1ccccc1Oc1c2ccnc1C1CCCOC1. The second-order valence-electron chi connectivity index (χ2n) is 6.68. The van der Waals surface area contributed by atoms with E-state index in [1.807, 2.05) is 36.5 Å². The fourth-order valence-electron chi connectivity index (χ4n) is 4.00. The van der Waals surface area contributed by atoms with E-state index in [1.54, 1.807) is 0 Å². The third-order valence-electron chi connectivity index (χ3n) is 5.20. The first-order valence-corrected chi connectivity index (χ1v) is 8.60. The first kappa shape index (κ1) is 14.7. The van der Waals surface area contributed by atoms with E-state index in [2.05, 4.69) is 9.98 Å². The quantitative estimate of drug-likeness (QED) is 0.865. The van der Waals surface area contributed by atoms with Crippen molar-refractivity contribution in [2.45, 2.75) is 24.3 Å². The number of nitrogens with zero attached hydrogens (tertiary/aromatic N) is 2. The van der Waals surface area contributed by atoms with Crippen molar-refractivity contribution in [2.75, 3.05) is 19.8 Å². The summed E-state index contributed by atoms with van der Waals surface area (Å²) in [6.45, 7) is 1.86. The summed E-state index contributed by atoms with van der Waals surface area (Å²) in [5.41, 5.74) is 8.09. The monoisotopic (exact) mass is 337 g/mol. The normalized spacial score (nSPS) is 27.0. The van der Waals surface area contributed by atoms with Gasteiger partial charge >= 0.3 is 0 Å². The van der Waals surface area contributed by atoms with E-state index in [-0.39, 0.29) is 11.9 Å². The van der Waals surface area contributed by atoms with E-state index in [0.29, 0.717) is 13.2 Å². The number of aliphatic imine (C=N–C) groups is 1. The van der Waals surface area contributed by atoms with Gasteiger partial charge in [0.1, 0.15) is 12.4 Å².